The van der Waals surface area contributed by atoms with Crippen LogP contribution in [0.3, 0.4) is 0 Å². The molecule has 1 aromatic carbocycles. The van der Waals surface area contributed by atoms with Crippen LogP contribution in [0.15, 0.2) is 42.6 Å². The van der Waals surface area contributed by atoms with E-state index >= 15 is 0 Å². The zero-order valence-electron chi connectivity index (χ0n) is 11.9. The Bertz CT molecular complexity index is 764. The predicted octanol–water partition coefficient (Wildman–Crippen LogP) is 3.30. The van der Waals surface area contributed by atoms with Crippen molar-refractivity contribution < 1.29 is 0 Å². The molecular weight excluding hydrogens is 262 g/mol. The fourth-order valence-corrected chi connectivity index (χ4v) is 2.27. The SMILES string of the molecule is CCCc1nc(N)cc(Nc2cccc3ncccc23)n1. The maximum Gasteiger partial charge on any atom is 0.136 e. The quantitative estimate of drug-likeness (QED) is 0.766. The summed E-state index contributed by atoms with van der Waals surface area (Å²) in [6, 6.07) is 11.6. The van der Waals surface area contributed by atoms with Gasteiger partial charge in [0.2, 0.25) is 0 Å². The maximum atomic E-state index is 5.85. The first-order chi connectivity index (χ1) is 10.3. The molecule has 0 unspecified atom stereocenters. The lowest BCUT2D eigenvalue weighted by molar-refractivity contribution is 0.839. The second-order valence-electron chi connectivity index (χ2n) is 4.84. The van der Waals surface area contributed by atoms with Gasteiger partial charge in [-0.2, -0.15) is 0 Å². The van der Waals surface area contributed by atoms with Gasteiger partial charge in [-0.15, -0.1) is 0 Å². The molecule has 0 aliphatic rings. The van der Waals surface area contributed by atoms with Crippen LogP contribution in [0.5, 0.6) is 0 Å². The van der Waals surface area contributed by atoms with Gasteiger partial charge in [-0.3, -0.25) is 4.98 Å². The van der Waals surface area contributed by atoms with Crippen molar-refractivity contribution in [3.05, 3.63) is 48.4 Å². The highest BCUT2D eigenvalue weighted by Gasteiger charge is 2.05. The first-order valence-corrected chi connectivity index (χ1v) is 7.00. The van der Waals surface area contributed by atoms with Gasteiger partial charge in [-0.25, -0.2) is 9.97 Å². The number of fused-ring (bicyclic) bond motifs is 1. The van der Waals surface area contributed by atoms with Crippen molar-refractivity contribution in [2.75, 3.05) is 11.1 Å². The minimum atomic E-state index is 0.481. The Kier molecular flexibility index (Phi) is 3.64. The van der Waals surface area contributed by atoms with Crippen molar-refractivity contribution in [3.63, 3.8) is 0 Å². The molecule has 0 saturated carbocycles. The topological polar surface area (TPSA) is 76.7 Å². The zero-order chi connectivity index (χ0) is 14.7. The molecule has 0 bridgehead atoms. The monoisotopic (exact) mass is 279 g/mol. The summed E-state index contributed by atoms with van der Waals surface area (Å²) in [6.07, 6.45) is 3.59. The number of rotatable bonds is 4. The largest absolute Gasteiger partial charge is 0.384 e. The summed E-state index contributed by atoms with van der Waals surface area (Å²) in [5, 5.41) is 4.37. The fraction of sp³-hybridized carbons (Fsp3) is 0.188. The van der Waals surface area contributed by atoms with Crippen LogP contribution in [0.4, 0.5) is 17.3 Å². The van der Waals surface area contributed by atoms with E-state index < -0.39 is 0 Å². The van der Waals surface area contributed by atoms with Crippen LogP contribution < -0.4 is 11.1 Å². The molecular formula is C16H17N5. The molecule has 21 heavy (non-hydrogen) atoms. The fourth-order valence-electron chi connectivity index (χ4n) is 2.27. The molecule has 0 amide bonds. The Morgan fingerprint density at radius 2 is 2.05 bits per heavy atom. The van der Waals surface area contributed by atoms with Crippen molar-refractivity contribution >= 4 is 28.2 Å². The minimum absolute atomic E-state index is 0.481. The van der Waals surface area contributed by atoms with E-state index in [1.54, 1.807) is 12.3 Å². The molecule has 2 aromatic heterocycles. The maximum absolute atomic E-state index is 5.85. The summed E-state index contributed by atoms with van der Waals surface area (Å²) in [5.41, 5.74) is 7.75. The summed E-state index contributed by atoms with van der Waals surface area (Å²) < 4.78 is 0. The molecule has 5 heteroatoms. The van der Waals surface area contributed by atoms with E-state index in [0.717, 1.165) is 35.3 Å². The Morgan fingerprint density at radius 1 is 1.14 bits per heavy atom. The lowest BCUT2D eigenvalue weighted by atomic mass is 10.2. The van der Waals surface area contributed by atoms with Gasteiger partial charge in [0.25, 0.3) is 0 Å². The number of pyridine rings is 1. The number of anilines is 3. The minimum Gasteiger partial charge on any atom is -0.384 e. The number of aryl methyl sites for hydroxylation is 1. The summed E-state index contributed by atoms with van der Waals surface area (Å²) in [7, 11) is 0. The van der Waals surface area contributed by atoms with E-state index in [9.17, 15) is 0 Å². The standard InChI is InChI=1S/C16H17N5/c1-2-5-15-20-14(17)10-16(21-15)19-13-8-3-7-12-11(13)6-4-9-18-12/h3-4,6-10H,2,5H2,1H3,(H3,17,19,20,21). The van der Waals surface area contributed by atoms with Gasteiger partial charge in [-0.1, -0.05) is 13.0 Å². The number of nitrogens with one attached hydrogen (secondary N) is 1. The van der Waals surface area contributed by atoms with E-state index in [1.807, 2.05) is 30.3 Å². The van der Waals surface area contributed by atoms with Gasteiger partial charge in [-0.05, 0) is 30.7 Å². The van der Waals surface area contributed by atoms with E-state index in [-0.39, 0.29) is 0 Å². The number of hydrogen-bond acceptors (Lipinski definition) is 5. The Hall–Kier alpha value is -2.69. The van der Waals surface area contributed by atoms with Crippen LogP contribution in [-0.2, 0) is 6.42 Å². The zero-order valence-corrected chi connectivity index (χ0v) is 11.9. The lowest BCUT2D eigenvalue weighted by Crippen LogP contribution is -2.03. The molecule has 3 aromatic rings. The smallest absolute Gasteiger partial charge is 0.136 e. The average Bonchev–Trinajstić information content (AvgIpc) is 2.47. The molecule has 0 fully saturated rings. The van der Waals surface area contributed by atoms with Gasteiger partial charge in [0, 0.05) is 29.8 Å². The van der Waals surface area contributed by atoms with Gasteiger partial charge in [0.1, 0.15) is 17.5 Å². The summed E-state index contributed by atoms with van der Waals surface area (Å²) in [6.45, 7) is 2.09. The Labute approximate surface area is 123 Å². The molecule has 0 atom stereocenters. The van der Waals surface area contributed by atoms with Crippen molar-refractivity contribution in [1.29, 1.82) is 0 Å². The second kappa shape index (κ2) is 5.75. The first kappa shape index (κ1) is 13.3. The number of nitrogens with zero attached hydrogens (tertiary/aromatic N) is 3. The number of aromatic nitrogens is 3. The third-order valence-corrected chi connectivity index (χ3v) is 3.17. The predicted molar refractivity (Wildman–Crippen MR) is 85.5 cm³/mol. The van der Waals surface area contributed by atoms with Crippen molar-refractivity contribution in [1.82, 2.24) is 15.0 Å². The molecule has 3 rings (SSSR count). The first-order valence-electron chi connectivity index (χ1n) is 7.00. The van der Waals surface area contributed by atoms with Gasteiger partial charge in [0.15, 0.2) is 0 Å². The normalized spacial score (nSPS) is 10.7. The van der Waals surface area contributed by atoms with Gasteiger partial charge >= 0.3 is 0 Å². The lowest BCUT2D eigenvalue weighted by Gasteiger charge is -2.10. The highest BCUT2D eigenvalue weighted by atomic mass is 15.1. The van der Waals surface area contributed by atoms with Crippen molar-refractivity contribution in [2.24, 2.45) is 0 Å². The Balaban J connectivity index is 1.98. The molecule has 0 aliphatic heterocycles. The third kappa shape index (κ3) is 2.91. The molecule has 3 N–H and O–H groups in total. The third-order valence-electron chi connectivity index (χ3n) is 3.17. The highest BCUT2D eigenvalue weighted by molar-refractivity contribution is 5.92. The number of nitrogen functional groups attached to an aromatic ring is 1. The van der Waals surface area contributed by atoms with Gasteiger partial charge < -0.3 is 11.1 Å². The molecule has 0 radical (unpaired) electrons. The number of nitrogens with two attached hydrogens (primary N) is 1. The second-order valence-corrected chi connectivity index (χ2v) is 4.84. The van der Waals surface area contributed by atoms with Crippen molar-refractivity contribution in [2.45, 2.75) is 19.8 Å². The van der Waals surface area contributed by atoms with Crippen molar-refractivity contribution in [3.8, 4) is 0 Å². The number of hydrogen-bond donors (Lipinski definition) is 2. The van der Waals surface area contributed by atoms with Crippen LogP contribution in [0.25, 0.3) is 10.9 Å². The number of benzene rings is 1. The van der Waals surface area contributed by atoms with Crippen LogP contribution in [0, 0.1) is 0 Å². The van der Waals surface area contributed by atoms with Gasteiger partial charge in [0.05, 0.1) is 5.52 Å². The molecule has 0 saturated heterocycles. The highest BCUT2D eigenvalue weighted by Crippen LogP contribution is 2.24. The van der Waals surface area contributed by atoms with E-state index in [2.05, 4.69) is 27.2 Å². The van der Waals surface area contributed by atoms with E-state index in [4.69, 9.17) is 5.73 Å². The summed E-state index contributed by atoms with van der Waals surface area (Å²) in [5.74, 6) is 1.95. The van der Waals surface area contributed by atoms with E-state index in [1.165, 1.54) is 0 Å². The molecule has 5 nitrogen and oxygen atoms in total. The van der Waals surface area contributed by atoms with Crippen LogP contribution in [0.1, 0.15) is 19.2 Å². The van der Waals surface area contributed by atoms with Crippen LogP contribution in [-0.4, -0.2) is 15.0 Å². The average molecular weight is 279 g/mol. The molecule has 106 valence electrons. The van der Waals surface area contributed by atoms with Crippen LogP contribution in [0.2, 0.25) is 0 Å². The van der Waals surface area contributed by atoms with E-state index in [0.29, 0.717) is 11.6 Å². The summed E-state index contributed by atoms with van der Waals surface area (Å²) in [4.78, 5) is 13.1. The Morgan fingerprint density at radius 3 is 2.90 bits per heavy atom. The molecule has 2 heterocycles. The van der Waals surface area contributed by atoms with Crippen LogP contribution >= 0.6 is 0 Å². The molecule has 0 spiro atoms. The summed E-state index contributed by atoms with van der Waals surface area (Å²) >= 11 is 0. The molecule has 0 aliphatic carbocycles.